The van der Waals surface area contributed by atoms with Gasteiger partial charge in [-0.05, 0) is 33.2 Å². The van der Waals surface area contributed by atoms with E-state index in [1.54, 1.807) is 0 Å². The van der Waals surface area contributed by atoms with Crippen LogP contribution in [-0.4, -0.2) is 43.5 Å². The normalized spacial score (nSPS) is 32.4. The lowest BCUT2D eigenvalue weighted by Crippen LogP contribution is -2.48. The van der Waals surface area contributed by atoms with Gasteiger partial charge in [0.1, 0.15) is 6.10 Å². The Bertz CT molecular complexity index is 275. The maximum atomic E-state index is 11.8. The highest BCUT2D eigenvalue weighted by molar-refractivity contribution is 5.81. The van der Waals surface area contributed by atoms with Gasteiger partial charge in [0.15, 0.2) is 5.79 Å². The Morgan fingerprint density at radius 1 is 1.47 bits per heavy atom. The van der Waals surface area contributed by atoms with Crippen LogP contribution in [0.2, 0.25) is 0 Å². The molecule has 2 rings (SSSR count). The van der Waals surface area contributed by atoms with Gasteiger partial charge in [-0.25, -0.2) is 0 Å². The smallest absolute Gasteiger partial charge is 0.237 e. The molecule has 17 heavy (non-hydrogen) atoms. The Kier molecular flexibility index (Phi) is 4.01. The number of ether oxygens (including phenoxy) is 2. The standard InChI is InChI=1S/C12H22N2O3/c1-12(2)16-8-9(17-12)7-14-11(15)10-5-3-4-6-13-10/h9-10,13H,3-8H2,1-2H3,(H,14,15)/t9?,10-/m1/s1. The molecular weight excluding hydrogens is 220 g/mol. The van der Waals surface area contributed by atoms with Crippen LogP contribution >= 0.6 is 0 Å². The Labute approximate surface area is 102 Å². The van der Waals surface area contributed by atoms with Gasteiger partial charge >= 0.3 is 0 Å². The van der Waals surface area contributed by atoms with Crippen LogP contribution in [0, 0.1) is 0 Å². The summed E-state index contributed by atoms with van der Waals surface area (Å²) < 4.78 is 11.1. The number of rotatable bonds is 3. The Balaban J connectivity index is 1.69. The van der Waals surface area contributed by atoms with Crippen molar-refractivity contribution in [3.8, 4) is 0 Å². The molecule has 0 bridgehead atoms. The molecule has 2 saturated heterocycles. The fourth-order valence-corrected chi connectivity index (χ4v) is 2.28. The zero-order valence-corrected chi connectivity index (χ0v) is 10.6. The lowest BCUT2D eigenvalue weighted by Gasteiger charge is -2.23. The molecule has 2 aliphatic rings. The van der Waals surface area contributed by atoms with Crippen LogP contribution in [0.4, 0.5) is 0 Å². The first kappa shape index (κ1) is 12.8. The van der Waals surface area contributed by atoms with Crippen LogP contribution in [0.15, 0.2) is 0 Å². The van der Waals surface area contributed by atoms with Crippen molar-refractivity contribution in [2.75, 3.05) is 19.7 Å². The summed E-state index contributed by atoms with van der Waals surface area (Å²) in [6, 6.07) is -0.0286. The molecule has 0 aromatic heterocycles. The number of piperidine rings is 1. The van der Waals surface area contributed by atoms with E-state index in [2.05, 4.69) is 10.6 Å². The van der Waals surface area contributed by atoms with Crippen molar-refractivity contribution in [1.82, 2.24) is 10.6 Å². The van der Waals surface area contributed by atoms with Crippen molar-refractivity contribution in [2.24, 2.45) is 0 Å². The summed E-state index contributed by atoms with van der Waals surface area (Å²) >= 11 is 0. The molecule has 0 saturated carbocycles. The van der Waals surface area contributed by atoms with Crippen LogP contribution < -0.4 is 10.6 Å². The molecule has 0 spiro atoms. The van der Waals surface area contributed by atoms with Gasteiger partial charge in [0.2, 0.25) is 5.91 Å². The Morgan fingerprint density at radius 3 is 2.88 bits per heavy atom. The average molecular weight is 242 g/mol. The van der Waals surface area contributed by atoms with Gasteiger partial charge in [-0.3, -0.25) is 4.79 Å². The van der Waals surface area contributed by atoms with Crippen molar-refractivity contribution in [2.45, 2.75) is 51.0 Å². The van der Waals surface area contributed by atoms with Crippen LogP contribution in [-0.2, 0) is 14.3 Å². The van der Waals surface area contributed by atoms with Gasteiger partial charge in [0.05, 0.1) is 12.6 Å². The molecule has 0 aromatic carbocycles. The topological polar surface area (TPSA) is 59.6 Å². The first-order valence-corrected chi connectivity index (χ1v) is 6.40. The molecule has 1 unspecified atom stereocenters. The van der Waals surface area contributed by atoms with Gasteiger partial charge in [0, 0.05) is 6.54 Å². The predicted molar refractivity (Wildman–Crippen MR) is 63.6 cm³/mol. The maximum Gasteiger partial charge on any atom is 0.237 e. The molecule has 5 nitrogen and oxygen atoms in total. The minimum atomic E-state index is -0.515. The van der Waals surface area contributed by atoms with E-state index in [1.807, 2.05) is 13.8 Å². The molecule has 2 fully saturated rings. The zero-order chi connectivity index (χ0) is 12.3. The van der Waals surface area contributed by atoms with Gasteiger partial charge < -0.3 is 20.1 Å². The number of amides is 1. The van der Waals surface area contributed by atoms with Crippen molar-refractivity contribution >= 4 is 5.91 Å². The first-order valence-electron chi connectivity index (χ1n) is 6.40. The highest BCUT2D eigenvalue weighted by Gasteiger charge is 2.33. The van der Waals surface area contributed by atoms with E-state index in [0.717, 1.165) is 25.8 Å². The summed E-state index contributed by atoms with van der Waals surface area (Å²) in [5, 5.41) is 6.15. The zero-order valence-electron chi connectivity index (χ0n) is 10.6. The lowest BCUT2D eigenvalue weighted by atomic mass is 10.0. The number of carbonyl (C=O) groups is 1. The van der Waals surface area contributed by atoms with Crippen LogP contribution in [0.3, 0.4) is 0 Å². The summed E-state index contributed by atoms with van der Waals surface area (Å²) in [4.78, 5) is 11.8. The fourth-order valence-electron chi connectivity index (χ4n) is 2.28. The van der Waals surface area contributed by atoms with Crippen molar-refractivity contribution < 1.29 is 14.3 Å². The lowest BCUT2D eigenvalue weighted by molar-refractivity contribution is -0.139. The van der Waals surface area contributed by atoms with E-state index in [1.165, 1.54) is 0 Å². The van der Waals surface area contributed by atoms with E-state index in [9.17, 15) is 4.79 Å². The molecule has 0 aromatic rings. The number of carbonyl (C=O) groups excluding carboxylic acids is 1. The molecule has 0 radical (unpaired) electrons. The van der Waals surface area contributed by atoms with Gasteiger partial charge in [-0.2, -0.15) is 0 Å². The van der Waals surface area contributed by atoms with Crippen molar-refractivity contribution in [1.29, 1.82) is 0 Å². The third kappa shape index (κ3) is 3.66. The third-order valence-electron chi connectivity index (χ3n) is 3.20. The van der Waals surface area contributed by atoms with Crippen LogP contribution in [0.1, 0.15) is 33.1 Å². The molecule has 2 aliphatic heterocycles. The molecule has 2 N–H and O–H groups in total. The molecule has 2 atom stereocenters. The van der Waals surface area contributed by atoms with E-state index in [4.69, 9.17) is 9.47 Å². The highest BCUT2D eigenvalue weighted by Crippen LogP contribution is 2.21. The monoisotopic (exact) mass is 242 g/mol. The summed E-state index contributed by atoms with van der Waals surface area (Å²) in [5.74, 6) is -0.434. The van der Waals surface area contributed by atoms with E-state index >= 15 is 0 Å². The second-order valence-electron chi connectivity index (χ2n) is 5.20. The predicted octanol–water partition coefficient (Wildman–Crippen LogP) is 0.396. The number of hydrogen-bond donors (Lipinski definition) is 2. The van der Waals surface area contributed by atoms with E-state index < -0.39 is 5.79 Å². The maximum absolute atomic E-state index is 11.8. The van der Waals surface area contributed by atoms with Crippen molar-refractivity contribution in [3.63, 3.8) is 0 Å². The first-order chi connectivity index (χ1) is 8.07. The summed E-state index contributed by atoms with van der Waals surface area (Å²) in [5.41, 5.74) is 0. The Morgan fingerprint density at radius 2 is 2.29 bits per heavy atom. The molecular formula is C12H22N2O3. The molecule has 2 heterocycles. The van der Waals surface area contributed by atoms with Crippen molar-refractivity contribution in [3.05, 3.63) is 0 Å². The van der Waals surface area contributed by atoms with Crippen LogP contribution in [0.5, 0.6) is 0 Å². The second-order valence-corrected chi connectivity index (χ2v) is 5.20. The third-order valence-corrected chi connectivity index (χ3v) is 3.20. The summed E-state index contributed by atoms with van der Waals surface area (Å²) in [6.45, 7) is 5.79. The summed E-state index contributed by atoms with van der Waals surface area (Å²) in [6.07, 6.45) is 3.19. The Hall–Kier alpha value is -0.650. The fraction of sp³-hybridized carbons (Fsp3) is 0.917. The number of nitrogens with one attached hydrogen (secondary N) is 2. The van der Waals surface area contributed by atoms with E-state index in [-0.39, 0.29) is 18.1 Å². The molecule has 0 aliphatic carbocycles. The molecule has 98 valence electrons. The molecule has 5 heteroatoms. The van der Waals surface area contributed by atoms with E-state index in [0.29, 0.717) is 13.2 Å². The number of hydrogen-bond acceptors (Lipinski definition) is 4. The second kappa shape index (κ2) is 5.33. The quantitative estimate of drug-likeness (QED) is 0.752. The summed E-state index contributed by atoms with van der Waals surface area (Å²) in [7, 11) is 0. The van der Waals surface area contributed by atoms with Gasteiger partial charge in [0.25, 0.3) is 0 Å². The minimum Gasteiger partial charge on any atom is -0.352 e. The SMILES string of the molecule is CC1(C)OCC(CNC(=O)[C@H]2CCCCN2)O1. The van der Waals surface area contributed by atoms with Crippen LogP contribution in [0.25, 0.3) is 0 Å². The average Bonchev–Trinajstić information content (AvgIpc) is 2.67. The highest BCUT2D eigenvalue weighted by atomic mass is 16.7. The van der Waals surface area contributed by atoms with Gasteiger partial charge in [-0.1, -0.05) is 6.42 Å². The van der Waals surface area contributed by atoms with Gasteiger partial charge in [-0.15, -0.1) is 0 Å². The minimum absolute atomic E-state index is 0.0286. The molecule has 1 amide bonds. The largest absolute Gasteiger partial charge is 0.352 e.